The van der Waals surface area contributed by atoms with Crippen LogP contribution in [0.2, 0.25) is 0 Å². The van der Waals surface area contributed by atoms with E-state index in [0.717, 1.165) is 33.5 Å². The highest BCUT2D eigenvalue weighted by Crippen LogP contribution is 2.24. The summed E-state index contributed by atoms with van der Waals surface area (Å²) in [6.07, 6.45) is 1.11. The van der Waals surface area contributed by atoms with Gasteiger partial charge in [0.15, 0.2) is 6.10 Å². The van der Waals surface area contributed by atoms with E-state index in [-0.39, 0.29) is 12.3 Å². The van der Waals surface area contributed by atoms with Crippen LogP contribution in [0.25, 0.3) is 21.9 Å². The zero-order valence-corrected chi connectivity index (χ0v) is 18.0. The summed E-state index contributed by atoms with van der Waals surface area (Å²) >= 11 is 1.64. The molecule has 2 heterocycles. The summed E-state index contributed by atoms with van der Waals surface area (Å²) in [5.74, 6) is 0.828. The third-order valence-electron chi connectivity index (χ3n) is 5.11. The smallest absolute Gasteiger partial charge is 0.326 e. The maximum absolute atomic E-state index is 13.0. The van der Waals surface area contributed by atoms with Crippen LogP contribution >= 0.6 is 11.8 Å². The summed E-state index contributed by atoms with van der Waals surface area (Å²) in [6, 6.07) is 15.3. The molecule has 0 aliphatic heterocycles. The van der Waals surface area contributed by atoms with Crippen LogP contribution in [0.5, 0.6) is 0 Å². The van der Waals surface area contributed by atoms with E-state index < -0.39 is 12.1 Å². The minimum atomic E-state index is -0.880. The van der Waals surface area contributed by atoms with Crippen LogP contribution in [-0.4, -0.2) is 38.6 Å². The molecule has 1 N–H and O–H groups in total. The molecule has 1 atom stereocenters. The van der Waals surface area contributed by atoms with Crippen LogP contribution in [0.1, 0.15) is 28.8 Å². The average molecular weight is 422 g/mol. The number of rotatable bonds is 7. The second kappa shape index (κ2) is 8.36. The molecule has 2 aromatic heterocycles. The number of aromatic amines is 1. The highest BCUT2D eigenvalue weighted by atomic mass is 32.2. The number of carbonyl (C=O) groups is 2. The number of benzene rings is 2. The topological polar surface area (TPSA) is 77.0 Å². The van der Waals surface area contributed by atoms with Gasteiger partial charge in [-0.1, -0.05) is 30.3 Å². The van der Waals surface area contributed by atoms with Crippen LogP contribution in [0.4, 0.5) is 0 Å². The highest BCUT2D eigenvalue weighted by Gasteiger charge is 2.25. The van der Waals surface area contributed by atoms with Crippen molar-refractivity contribution in [1.82, 2.24) is 14.5 Å². The Morgan fingerprint density at radius 3 is 2.70 bits per heavy atom. The molecule has 0 saturated heterocycles. The maximum atomic E-state index is 13.0. The van der Waals surface area contributed by atoms with Gasteiger partial charge in [-0.05, 0) is 38.3 Å². The summed E-state index contributed by atoms with van der Waals surface area (Å²) in [4.78, 5) is 33.6. The number of aromatic nitrogens is 3. The van der Waals surface area contributed by atoms with Gasteiger partial charge in [-0.25, -0.2) is 4.98 Å². The molecule has 30 heavy (non-hydrogen) atoms. The summed E-state index contributed by atoms with van der Waals surface area (Å²) in [6.45, 7) is 3.49. The molecule has 0 bridgehead atoms. The number of ether oxygens (including phenoxy) is 1. The van der Waals surface area contributed by atoms with Gasteiger partial charge in [-0.15, -0.1) is 0 Å². The highest BCUT2D eigenvalue weighted by molar-refractivity contribution is 7.97. The maximum Gasteiger partial charge on any atom is 0.326 e. The van der Waals surface area contributed by atoms with Crippen molar-refractivity contribution in [1.29, 1.82) is 0 Å². The van der Waals surface area contributed by atoms with Gasteiger partial charge in [0, 0.05) is 22.2 Å². The van der Waals surface area contributed by atoms with Crippen molar-refractivity contribution in [3.63, 3.8) is 0 Å². The number of nitrogens with zero attached hydrogens (tertiary/aromatic N) is 2. The van der Waals surface area contributed by atoms with Crippen LogP contribution < -0.4 is 0 Å². The van der Waals surface area contributed by atoms with Crippen molar-refractivity contribution in [3.05, 3.63) is 65.6 Å². The van der Waals surface area contributed by atoms with E-state index in [1.807, 2.05) is 66.3 Å². The number of fused-ring (bicyclic) bond motifs is 2. The SMILES string of the molecule is CSCc1nc2ccccc2n1CC(=O)O[C@@H](C)C(=O)c1c(C)[nH]c2ccccc12. The predicted octanol–water partition coefficient (Wildman–Crippen LogP) is 4.50. The molecular formula is C23H23N3O3S. The van der Waals surface area contributed by atoms with E-state index in [1.54, 1.807) is 18.7 Å². The minimum absolute atomic E-state index is 0.0148. The number of thioether (sulfide) groups is 1. The number of H-pyrrole nitrogens is 1. The normalized spacial score (nSPS) is 12.4. The largest absolute Gasteiger partial charge is 0.453 e. The Morgan fingerprint density at radius 2 is 1.90 bits per heavy atom. The molecule has 2 aromatic carbocycles. The lowest BCUT2D eigenvalue weighted by atomic mass is 10.0. The standard InChI is InChI=1S/C23H23N3O3S/c1-14-22(16-8-4-5-9-17(16)24-14)23(28)15(2)29-21(27)12-26-19-11-7-6-10-18(19)25-20(26)13-30-3/h4-11,15,24H,12-13H2,1-3H3/t15-/m0/s1. The molecule has 7 heteroatoms. The number of esters is 1. The first-order valence-electron chi connectivity index (χ1n) is 9.73. The number of hydrogen-bond acceptors (Lipinski definition) is 5. The van der Waals surface area contributed by atoms with E-state index in [2.05, 4.69) is 9.97 Å². The molecule has 0 fully saturated rings. The summed E-state index contributed by atoms with van der Waals surface area (Å²) in [5, 5.41) is 0.839. The average Bonchev–Trinajstić information content (AvgIpc) is 3.24. The van der Waals surface area contributed by atoms with E-state index in [1.165, 1.54) is 0 Å². The van der Waals surface area contributed by atoms with Crippen LogP contribution in [0.15, 0.2) is 48.5 Å². The van der Waals surface area contributed by atoms with Crippen molar-refractivity contribution < 1.29 is 14.3 Å². The van der Waals surface area contributed by atoms with Gasteiger partial charge in [-0.2, -0.15) is 11.8 Å². The molecule has 0 aliphatic carbocycles. The summed E-state index contributed by atoms with van der Waals surface area (Å²) in [5.41, 5.74) is 3.95. The zero-order valence-electron chi connectivity index (χ0n) is 17.1. The number of para-hydroxylation sites is 3. The number of ketones is 1. The number of nitrogens with one attached hydrogen (secondary N) is 1. The molecule has 4 aromatic rings. The summed E-state index contributed by atoms with van der Waals surface area (Å²) in [7, 11) is 0. The Kier molecular flexibility index (Phi) is 5.63. The van der Waals surface area contributed by atoms with Gasteiger partial charge in [0.1, 0.15) is 12.4 Å². The Labute approximate surface area is 178 Å². The first-order chi connectivity index (χ1) is 14.5. The Bertz CT molecular complexity index is 1240. The molecule has 0 spiro atoms. The van der Waals surface area contributed by atoms with Gasteiger partial charge in [0.25, 0.3) is 0 Å². The molecule has 4 rings (SSSR count). The van der Waals surface area contributed by atoms with Gasteiger partial charge in [0.05, 0.1) is 16.8 Å². The molecule has 0 saturated carbocycles. The fraction of sp³-hybridized carbons (Fsp3) is 0.261. The van der Waals surface area contributed by atoms with Gasteiger partial charge in [0.2, 0.25) is 5.78 Å². The van der Waals surface area contributed by atoms with Crippen molar-refractivity contribution >= 4 is 45.5 Å². The van der Waals surface area contributed by atoms with Gasteiger partial charge < -0.3 is 14.3 Å². The third kappa shape index (κ3) is 3.73. The van der Waals surface area contributed by atoms with Crippen molar-refractivity contribution in [3.8, 4) is 0 Å². The second-order valence-electron chi connectivity index (χ2n) is 7.20. The monoisotopic (exact) mass is 421 g/mol. The Morgan fingerprint density at radius 1 is 1.17 bits per heavy atom. The Balaban J connectivity index is 1.54. The van der Waals surface area contributed by atoms with Crippen LogP contribution in [-0.2, 0) is 21.8 Å². The molecule has 0 unspecified atom stereocenters. The van der Waals surface area contributed by atoms with Gasteiger partial charge >= 0.3 is 5.97 Å². The molecule has 0 amide bonds. The molecular weight excluding hydrogens is 398 g/mol. The zero-order chi connectivity index (χ0) is 21.3. The van der Waals surface area contributed by atoms with Crippen molar-refractivity contribution in [2.45, 2.75) is 32.2 Å². The van der Waals surface area contributed by atoms with Crippen molar-refractivity contribution in [2.24, 2.45) is 0 Å². The number of aryl methyl sites for hydroxylation is 1. The number of imidazole rings is 1. The number of hydrogen-bond donors (Lipinski definition) is 1. The molecule has 6 nitrogen and oxygen atoms in total. The third-order valence-corrected chi connectivity index (χ3v) is 5.66. The van der Waals surface area contributed by atoms with E-state index in [4.69, 9.17) is 4.74 Å². The van der Waals surface area contributed by atoms with E-state index >= 15 is 0 Å². The fourth-order valence-electron chi connectivity index (χ4n) is 3.76. The lowest BCUT2D eigenvalue weighted by molar-refractivity contribution is -0.147. The molecule has 154 valence electrons. The van der Waals surface area contributed by atoms with E-state index in [9.17, 15) is 9.59 Å². The minimum Gasteiger partial charge on any atom is -0.453 e. The molecule has 0 radical (unpaired) electrons. The predicted molar refractivity (Wildman–Crippen MR) is 120 cm³/mol. The van der Waals surface area contributed by atoms with Crippen molar-refractivity contribution in [2.75, 3.05) is 6.26 Å². The fourth-order valence-corrected chi connectivity index (χ4v) is 4.23. The first-order valence-corrected chi connectivity index (χ1v) is 11.1. The van der Waals surface area contributed by atoms with Crippen LogP contribution in [0, 0.1) is 6.92 Å². The first kappa shape index (κ1) is 20.2. The molecule has 0 aliphatic rings. The number of Topliss-reactive ketones (excluding diaryl/α,β-unsaturated/α-hetero) is 1. The number of carbonyl (C=O) groups excluding carboxylic acids is 2. The lowest BCUT2D eigenvalue weighted by Gasteiger charge is -2.14. The van der Waals surface area contributed by atoms with Crippen LogP contribution in [0.3, 0.4) is 0 Å². The lowest BCUT2D eigenvalue weighted by Crippen LogP contribution is -2.27. The quantitative estimate of drug-likeness (QED) is 0.351. The second-order valence-corrected chi connectivity index (χ2v) is 8.07. The summed E-state index contributed by atoms with van der Waals surface area (Å²) < 4.78 is 7.40. The van der Waals surface area contributed by atoms with Gasteiger partial charge in [-0.3, -0.25) is 9.59 Å². The van der Waals surface area contributed by atoms with E-state index in [0.29, 0.717) is 11.3 Å². The Hall–Kier alpha value is -3.06.